The van der Waals surface area contributed by atoms with Crippen LogP contribution in [0.3, 0.4) is 0 Å². The smallest absolute Gasteiger partial charge is 0.227 e. The van der Waals surface area contributed by atoms with Crippen molar-refractivity contribution in [2.75, 3.05) is 11.9 Å². The number of hydrogen-bond donors (Lipinski definition) is 2. The average molecular weight is 266 g/mol. The van der Waals surface area contributed by atoms with E-state index in [0.29, 0.717) is 17.7 Å². The van der Waals surface area contributed by atoms with Gasteiger partial charge in [0.15, 0.2) is 0 Å². The van der Waals surface area contributed by atoms with Crippen LogP contribution in [0.5, 0.6) is 0 Å². The fraction of sp³-hybridized carbons (Fsp3) is 0.286. The Morgan fingerprint density at radius 3 is 2.95 bits per heavy atom. The van der Waals surface area contributed by atoms with Crippen LogP contribution >= 0.6 is 0 Å². The molecule has 2 aromatic rings. The van der Waals surface area contributed by atoms with Crippen molar-refractivity contribution in [3.8, 4) is 6.07 Å². The minimum Gasteiger partial charge on any atom is -0.323 e. The van der Waals surface area contributed by atoms with E-state index in [2.05, 4.69) is 25.6 Å². The molecule has 100 valence electrons. The van der Waals surface area contributed by atoms with E-state index in [1.54, 1.807) is 24.5 Å². The maximum Gasteiger partial charge on any atom is 0.227 e. The number of hydrogen-bond acceptors (Lipinski definition) is 6. The topological polar surface area (TPSA) is 86.5 Å². The second-order valence-corrected chi connectivity index (χ2v) is 4.62. The van der Waals surface area contributed by atoms with Crippen molar-refractivity contribution in [1.29, 1.82) is 5.26 Å². The molecule has 0 spiro atoms. The lowest BCUT2D eigenvalue weighted by Crippen LogP contribution is -2.15. The zero-order valence-corrected chi connectivity index (χ0v) is 10.9. The largest absolute Gasteiger partial charge is 0.323 e. The van der Waals surface area contributed by atoms with E-state index in [1.165, 1.54) is 6.42 Å². The molecule has 1 saturated heterocycles. The molecule has 1 fully saturated rings. The standard InChI is InChI=1S/C14H14N6/c15-8-10-3-4-11(9-18-10)19-14-17-7-5-13(20-14)12-2-1-6-16-12/h3-5,7,9,12,16H,1-2,6H2,(H,17,19,20)/t12-/m0/s1. The third kappa shape index (κ3) is 2.73. The molecule has 6 heteroatoms. The third-order valence-electron chi connectivity index (χ3n) is 3.23. The molecule has 0 bridgehead atoms. The minimum atomic E-state index is 0.317. The van der Waals surface area contributed by atoms with Crippen LogP contribution in [-0.2, 0) is 0 Å². The molecule has 0 aliphatic carbocycles. The summed E-state index contributed by atoms with van der Waals surface area (Å²) in [7, 11) is 0. The molecule has 0 saturated carbocycles. The van der Waals surface area contributed by atoms with Crippen molar-refractivity contribution in [3.63, 3.8) is 0 Å². The van der Waals surface area contributed by atoms with Crippen LogP contribution in [-0.4, -0.2) is 21.5 Å². The molecule has 1 aliphatic heterocycles. The summed E-state index contributed by atoms with van der Waals surface area (Å²) in [5, 5.41) is 15.2. The van der Waals surface area contributed by atoms with E-state index in [4.69, 9.17) is 5.26 Å². The van der Waals surface area contributed by atoms with Gasteiger partial charge in [0.05, 0.1) is 17.6 Å². The molecule has 6 nitrogen and oxygen atoms in total. The van der Waals surface area contributed by atoms with E-state index in [9.17, 15) is 0 Å². The van der Waals surface area contributed by atoms with Crippen LogP contribution in [0.15, 0.2) is 30.6 Å². The molecule has 0 aromatic carbocycles. The molecule has 2 N–H and O–H groups in total. The number of pyridine rings is 1. The van der Waals surface area contributed by atoms with Gasteiger partial charge in [-0.3, -0.25) is 0 Å². The highest BCUT2D eigenvalue weighted by molar-refractivity contribution is 5.52. The molecule has 20 heavy (non-hydrogen) atoms. The van der Waals surface area contributed by atoms with Gasteiger partial charge in [-0.15, -0.1) is 0 Å². The van der Waals surface area contributed by atoms with Crippen molar-refractivity contribution in [2.24, 2.45) is 0 Å². The Morgan fingerprint density at radius 2 is 2.25 bits per heavy atom. The number of rotatable bonds is 3. The van der Waals surface area contributed by atoms with Gasteiger partial charge in [0.2, 0.25) is 5.95 Å². The summed E-state index contributed by atoms with van der Waals surface area (Å²) < 4.78 is 0. The first-order chi connectivity index (χ1) is 9.85. The van der Waals surface area contributed by atoms with Gasteiger partial charge < -0.3 is 10.6 Å². The van der Waals surface area contributed by atoms with Crippen molar-refractivity contribution in [3.05, 3.63) is 42.0 Å². The molecule has 0 radical (unpaired) electrons. The first-order valence-corrected chi connectivity index (χ1v) is 6.54. The van der Waals surface area contributed by atoms with Gasteiger partial charge in [-0.05, 0) is 37.6 Å². The fourth-order valence-electron chi connectivity index (χ4n) is 2.23. The molecule has 3 rings (SSSR count). The predicted octanol–water partition coefficient (Wildman–Crippen LogP) is 1.91. The highest BCUT2D eigenvalue weighted by Crippen LogP contribution is 2.22. The van der Waals surface area contributed by atoms with Crippen LogP contribution in [0, 0.1) is 11.3 Å². The van der Waals surface area contributed by atoms with Gasteiger partial charge in [-0.2, -0.15) is 5.26 Å². The lowest BCUT2D eigenvalue weighted by Gasteiger charge is -2.11. The SMILES string of the molecule is N#Cc1ccc(Nc2nccc([C@@H]3CCCN3)n2)cn1. The summed E-state index contributed by atoms with van der Waals surface area (Å²) in [5.74, 6) is 0.544. The Hall–Kier alpha value is -2.52. The van der Waals surface area contributed by atoms with Crippen molar-refractivity contribution >= 4 is 11.6 Å². The van der Waals surface area contributed by atoms with E-state index < -0.39 is 0 Å². The van der Waals surface area contributed by atoms with Crippen LogP contribution < -0.4 is 10.6 Å². The Bertz CT molecular complexity index is 625. The third-order valence-corrected chi connectivity index (χ3v) is 3.23. The first-order valence-electron chi connectivity index (χ1n) is 6.54. The molecule has 3 heterocycles. The average Bonchev–Trinajstić information content (AvgIpc) is 3.03. The van der Waals surface area contributed by atoms with Gasteiger partial charge in [0, 0.05) is 12.2 Å². The van der Waals surface area contributed by atoms with Crippen molar-refractivity contribution in [1.82, 2.24) is 20.3 Å². The highest BCUT2D eigenvalue weighted by atomic mass is 15.1. The predicted molar refractivity (Wildman–Crippen MR) is 74.2 cm³/mol. The Morgan fingerprint density at radius 1 is 1.30 bits per heavy atom. The highest BCUT2D eigenvalue weighted by Gasteiger charge is 2.17. The Labute approximate surface area is 116 Å². The molecular formula is C14H14N6. The van der Waals surface area contributed by atoms with E-state index in [1.807, 2.05) is 12.1 Å². The zero-order valence-electron chi connectivity index (χ0n) is 10.9. The number of nitrogens with one attached hydrogen (secondary N) is 2. The number of aromatic nitrogens is 3. The maximum atomic E-state index is 8.71. The molecule has 2 aromatic heterocycles. The van der Waals surface area contributed by atoms with E-state index in [-0.39, 0.29) is 0 Å². The van der Waals surface area contributed by atoms with Gasteiger partial charge in [0.1, 0.15) is 11.8 Å². The fourth-order valence-corrected chi connectivity index (χ4v) is 2.23. The van der Waals surface area contributed by atoms with Crippen LogP contribution in [0.1, 0.15) is 30.3 Å². The molecule has 1 aliphatic rings. The Balaban J connectivity index is 1.76. The number of nitrogens with zero attached hydrogens (tertiary/aromatic N) is 4. The lowest BCUT2D eigenvalue weighted by molar-refractivity contribution is 0.627. The summed E-state index contributed by atoms with van der Waals surface area (Å²) in [6.07, 6.45) is 5.63. The monoisotopic (exact) mass is 266 g/mol. The van der Waals surface area contributed by atoms with E-state index >= 15 is 0 Å². The van der Waals surface area contributed by atoms with Gasteiger partial charge >= 0.3 is 0 Å². The summed E-state index contributed by atoms with van der Waals surface area (Å²) in [5.41, 5.74) is 2.16. The van der Waals surface area contributed by atoms with Gasteiger partial charge in [-0.1, -0.05) is 0 Å². The normalized spacial score (nSPS) is 17.6. The summed E-state index contributed by atoms with van der Waals surface area (Å²) in [4.78, 5) is 12.7. The summed E-state index contributed by atoms with van der Waals surface area (Å²) in [6.45, 7) is 1.04. The Kier molecular flexibility index (Phi) is 3.52. The van der Waals surface area contributed by atoms with E-state index in [0.717, 1.165) is 24.3 Å². The quantitative estimate of drug-likeness (QED) is 0.882. The molecule has 1 atom stereocenters. The molecule has 0 amide bonds. The summed E-state index contributed by atoms with van der Waals surface area (Å²) in [6, 6.07) is 7.68. The lowest BCUT2D eigenvalue weighted by atomic mass is 10.1. The van der Waals surface area contributed by atoms with Crippen molar-refractivity contribution in [2.45, 2.75) is 18.9 Å². The maximum absolute atomic E-state index is 8.71. The second-order valence-electron chi connectivity index (χ2n) is 4.62. The molecular weight excluding hydrogens is 252 g/mol. The number of nitriles is 1. The van der Waals surface area contributed by atoms with Crippen LogP contribution in [0.25, 0.3) is 0 Å². The molecule has 0 unspecified atom stereocenters. The minimum absolute atomic E-state index is 0.317. The zero-order chi connectivity index (χ0) is 13.8. The van der Waals surface area contributed by atoms with Crippen molar-refractivity contribution < 1.29 is 0 Å². The van der Waals surface area contributed by atoms with Gasteiger partial charge in [-0.25, -0.2) is 15.0 Å². The van der Waals surface area contributed by atoms with Gasteiger partial charge in [0.25, 0.3) is 0 Å². The number of anilines is 2. The van der Waals surface area contributed by atoms with Crippen LogP contribution in [0.2, 0.25) is 0 Å². The first kappa shape index (κ1) is 12.5. The summed E-state index contributed by atoms with van der Waals surface area (Å²) >= 11 is 0. The van der Waals surface area contributed by atoms with Crippen LogP contribution in [0.4, 0.5) is 11.6 Å². The second kappa shape index (κ2) is 5.63.